The molecule has 0 fully saturated rings. The minimum absolute atomic E-state index is 0.353. The average molecular weight is 300 g/mol. The molecule has 1 aromatic rings. The normalized spacial score (nSPS) is 19.2. The molecule has 1 unspecified atom stereocenters. The summed E-state index contributed by atoms with van der Waals surface area (Å²) in [4.78, 5) is 0. The van der Waals surface area contributed by atoms with Crippen molar-refractivity contribution in [3.05, 3.63) is 23.7 Å². The number of sulfonamides is 1. The van der Waals surface area contributed by atoms with E-state index in [2.05, 4.69) is 5.32 Å². The first kappa shape index (κ1) is 15.5. The van der Waals surface area contributed by atoms with Crippen LogP contribution in [0.5, 0.6) is 0 Å². The van der Waals surface area contributed by atoms with Crippen LogP contribution in [0.15, 0.2) is 16.7 Å². The number of hydrogen-bond acceptors (Lipinski definition) is 4. The van der Waals surface area contributed by atoms with E-state index in [9.17, 15) is 8.42 Å². The van der Waals surface area contributed by atoms with Gasteiger partial charge in [-0.1, -0.05) is 6.92 Å². The van der Waals surface area contributed by atoms with Gasteiger partial charge in [-0.25, -0.2) is 12.7 Å². The summed E-state index contributed by atoms with van der Waals surface area (Å²) in [7, 11) is -3.07. The lowest BCUT2D eigenvalue weighted by molar-refractivity contribution is 0.387. The van der Waals surface area contributed by atoms with E-state index in [4.69, 9.17) is 4.42 Å². The highest BCUT2D eigenvalue weighted by molar-refractivity contribution is 7.88. The van der Waals surface area contributed by atoms with Crippen molar-refractivity contribution in [3.63, 3.8) is 0 Å². The predicted molar refractivity (Wildman–Crippen MR) is 79.1 cm³/mol. The summed E-state index contributed by atoms with van der Waals surface area (Å²) in [5.41, 5.74) is 1.27. The minimum Gasteiger partial charge on any atom is -0.469 e. The SMILES string of the molecule is CCN(CCCNC1CCCc2occc21)S(C)(=O)=O. The molecule has 1 aromatic heterocycles. The van der Waals surface area contributed by atoms with Gasteiger partial charge in [0.25, 0.3) is 0 Å². The van der Waals surface area contributed by atoms with Crippen LogP contribution in [0.2, 0.25) is 0 Å². The van der Waals surface area contributed by atoms with Crippen LogP contribution < -0.4 is 5.32 Å². The van der Waals surface area contributed by atoms with E-state index in [1.54, 1.807) is 6.26 Å². The molecule has 1 aliphatic carbocycles. The Morgan fingerprint density at radius 2 is 2.30 bits per heavy atom. The lowest BCUT2D eigenvalue weighted by atomic mass is 9.93. The van der Waals surface area contributed by atoms with Gasteiger partial charge >= 0.3 is 0 Å². The number of rotatable bonds is 7. The molecular formula is C14H24N2O3S. The number of nitrogens with zero attached hydrogens (tertiary/aromatic N) is 1. The molecule has 1 heterocycles. The lowest BCUT2D eigenvalue weighted by Crippen LogP contribution is -2.33. The molecule has 0 saturated carbocycles. The second kappa shape index (κ2) is 6.74. The molecule has 2 rings (SSSR count). The van der Waals surface area contributed by atoms with Gasteiger partial charge in [0, 0.05) is 31.1 Å². The first-order valence-electron chi connectivity index (χ1n) is 7.27. The highest BCUT2D eigenvalue weighted by Gasteiger charge is 2.22. The zero-order valence-electron chi connectivity index (χ0n) is 12.3. The maximum absolute atomic E-state index is 11.5. The molecule has 0 amide bonds. The Bertz CT molecular complexity index is 524. The third-order valence-electron chi connectivity index (χ3n) is 3.85. The minimum atomic E-state index is -3.07. The van der Waals surface area contributed by atoms with Gasteiger partial charge in [0.05, 0.1) is 12.5 Å². The Kier molecular flexibility index (Phi) is 5.23. The Labute approximate surface area is 121 Å². The maximum atomic E-state index is 11.5. The van der Waals surface area contributed by atoms with E-state index in [0.717, 1.165) is 38.0 Å². The summed E-state index contributed by atoms with van der Waals surface area (Å²) >= 11 is 0. The maximum Gasteiger partial charge on any atom is 0.211 e. The number of fused-ring (bicyclic) bond motifs is 1. The molecule has 0 bridgehead atoms. The Morgan fingerprint density at radius 3 is 3.00 bits per heavy atom. The van der Waals surface area contributed by atoms with Crippen molar-refractivity contribution in [2.75, 3.05) is 25.9 Å². The Morgan fingerprint density at radius 1 is 1.50 bits per heavy atom. The average Bonchev–Trinajstić information content (AvgIpc) is 2.86. The molecule has 5 nitrogen and oxygen atoms in total. The van der Waals surface area contributed by atoms with Crippen LogP contribution in [0.4, 0.5) is 0 Å². The summed E-state index contributed by atoms with van der Waals surface area (Å²) in [5, 5.41) is 3.51. The van der Waals surface area contributed by atoms with Crippen molar-refractivity contribution in [1.82, 2.24) is 9.62 Å². The molecule has 1 aliphatic rings. The summed E-state index contributed by atoms with van der Waals surface area (Å²) < 4.78 is 29.9. The molecule has 20 heavy (non-hydrogen) atoms. The zero-order chi connectivity index (χ0) is 14.6. The van der Waals surface area contributed by atoms with E-state index in [-0.39, 0.29) is 0 Å². The second-order valence-corrected chi connectivity index (χ2v) is 7.29. The molecule has 114 valence electrons. The van der Waals surface area contributed by atoms with Gasteiger partial charge in [-0.3, -0.25) is 0 Å². The van der Waals surface area contributed by atoms with Gasteiger partial charge in [0.15, 0.2) is 0 Å². The fourth-order valence-electron chi connectivity index (χ4n) is 2.79. The second-order valence-electron chi connectivity index (χ2n) is 5.31. The van der Waals surface area contributed by atoms with Crippen molar-refractivity contribution < 1.29 is 12.8 Å². The predicted octanol–water partition coefficient (Wildman–Crippen LogP) is 1.92. The molecule has 1 N–H and O–H groups in total. The highest BCUT2D eigenvalue weighted by atomic mass is 32.2. The van der Waals surface area contributed by atoms with Crippen LogP contribution in [0.1, 0.15) is 43.6 Å². The van der Waals surface area contributed by atoms with E-state index in [0.29, 0.717) is 19.1 Å². The van der Waals surface area contributed by atoms with Gasteiger partial charge in [-0.05, 0) is 31.9 Å². The first-order chi connectivity index (χ1) is 9.52. The van der Waals surface area contributed by atoms with Crippen LogP contribution >= 0.6 is 0 Å². The number of hydrogen-bond donors (Lipinski definition) is 1. The third kappa shape index (κ3) is 3.84. The monoisotopic (exact) mass is 300 g/mol. The largest absolute Gasteiger partial charge is 0.469 e. The van der Waals surface area contributed by atoms with E-state index >= 15 is 0 Å². The summed E-state index contributed by atoms with van der Waals surface area (Å²) in [6.45, 7) is 3.80. The topological polar surface area (TPSA) is 62.6 Å². The number of furan rings is 1. The molecule has 0 aliphatic heterocycles. The summed E-state index contributed by atoms with van der Waals surface area (Å²) in [5.74, 6) is 1.10. The van der Waals surface area contributed by atoms with E-state index in [1.807, 2.05) is 13.0 Å². The fraction of sp³-hybridized carbons (Fsp3) is 0.714. The van der Waals surface area contributed by atoms with Crippen molar-refractivity contribution in [1.29, 1.82) is 0 Å². The van der Waals surface area contributed by atoms with Gasteiger partial charge in [0.2, 0.25) is 10.0 Å². The molecular weight excluding hydrogens is 276 g/mol. The molecule has 6 heteroatoms. The molecule has 0 radical (unpaired) electrons. The molecule has 0 spiro atoms. The van der Waals surface area contributed by atoms with Crippen molar-refractivity contribution in [2.24, 2.45) is 0 Å². The van der Waals surface area contributed by atoms with Gasteiger partial charge in [0.1, 0.15) is 5.76 Å². The quantitative estimate of drug-likeness (QED) is 0.782. The summed E-state index contributed by atoms with van der Waals surface area (Å²) in [6, 6.07) is 2.40. The van der Waals surface area contributed by atoms with Crippen molar-refractivity contribution in [3.8, 4) is 0 Å². The summed E-state index contributed by atoms with van der Waals surface area (Å²) in [6.07, 6.45) is 7.14. The zero-order valence-corrected chi connectivity index (χ0v) is 13.1. The van der Waals surface area contributed by atoms with Crippen LogP contribution in [0, 0.1) is 0 Å². The Balaban J connectivity index is 1.78. The van der Waals surface area contributed by atoms with Gasteiger partial charge < -0.3 is 9.73 Å². The number of aryl methyl sites for hydroxylation is 1. The van der Waals surface area contributed by atoms with Crippen LogP contribution in [-0.2, 0) is 16.4 Å². The number of nitrogens with one attached hydrogen (secondary N) is 1. The third-order valence-corrected chi connectivity index (χ3v) is 5.23. The van der Waals surface area contributed by atoms with Gasteiger partial charge in [-0.2, -0.15) is 0 Å². The molecule has 0 saturated heterocycles. The van der Waals surface area contributed by atoms with Crippen LogP contribution in [0.25, 0.3) is 0 Å². The van der Waals surface area contributed by atoms with Crippen LogP contribution in [0.3, 0.4) is 0 Å². The molecule has 1 atom stereocenters. The van der Waals surface area contributed by atoms with Crippen LogP contribution in [-0.4, -0.2) is 38.6 Å². The van der Waals surface area contributed by atoms with E-state index < -0.39 is 10.0 Å². The van der Waals surface area contributed by atoms with Crippen molar-refractivity contribution in [2.45, 2.75) is 38.6 Å². The first-order valence-corrected chi connectivity index (χ1v) is 9.12. The highest BCUT2D eigenvalue weighted by Crippen LogP contribution is 2.30. The molecule has 0 aromatic carbocycles. The Hall–Kier alpha value is -0.850. The van der Waals surface area contributed by atoms with E-state index in [1.165, 1.54) is 16.1 Å². The van der Waals surface area contributed by atoms with Crippen molar-refractivity contribution >= 4 is 10.0 Å². The van der Waals surface area contributed by atoms with Gasteiger partial charge in [-0.15, -0.1) is 0 Å². The standard InChI is InChI=1S/C14H24N2O3S/c1-3-16(20(2,17)18)10-5-9-15-13-6-4-7-14-12(13)8-11-19-14/h8,11,13,15H,3-7,9-10H2,1-2H3. The smallest absolute Gasteiger partial charge is 0.211 e. The fourth-order valence-corrected chi connectivity index (χ4v) is 3.72. The lowest BCUT2D eigenvalue weighted by Gasteiger charge is -2.23.